The summed E-state index contributed by atoms with van der Waals surface area (Å²) in [7, 11) is -4.18. The first-order chi connectivity index (χ1) is 20.7. The van der Waals surface area contributed by atoms with Crippen molar-refractivity contribution in [1.82, 2.24) is 10.2 Å². The maximum Gasteiger partial charge on any atom is 0.264 e. The number of carbonyl (C=O) groups excluding carboxylic acids is 2. The molecule has 0 aliphatic heterocycles. The van der Waals surface area contributed by atoms with Gasteiger partial charge < -0.3 is 15.0 Å². The number of hydrogen-bond acceptors (Lipinski definition) is 5. The van der Waals surface area contributed by atoms with Crippen LogP contribution in [0.3, 0.4) is 0 Å². The number of nitrogens with one attached hydrogen (secondary N) is 1. The fraction of sp³-hybridized carbons (Fsp3) is 0.412. The third kappa shape index (κ3) is 8.16. The van der Waals surface area contributed by atoms with Crippen molar-refractivity contribution in [2.45, 2.75) is 82.8 Å². The molecular weight excluding hydrogens is 562 g/mol. The number of anilines is 1. The summed E-state index contributed by atoms with van der Waals surface area (Å²) in [6, 6.07) is 22.1. The van der Waals surface area contributed by atoms with Crippen LogP contribution < -0.4 is 14.4 Å². The van der Waals surface area contributed by atoms with E-state index in [9.17, 15) is 18.0 Å². The highest BCUT2D eigenvalue weighted by Crippen LogP contribution is 2.33. The Morgan fingerprint density at radius 3 is 2.21 bits per heavy atom. The quantitative estimate of drug-likeness (QED) is 0.264. The van der Waals surface area contributed by atoms with Crippen molar-refractivity contribution >= 4 is 27.5 Å². The van der Waals surface area contributed by atoms with Crippen LogP contribution in [-0.4, -0.2) is 50.4 Å². The number of aryl methyl sites for hydroxylation is 1. The van der Waals surface area contributed by atoms with Crippen LogP contribution in [0, 0.1) is 6.92 Å². The van der Waals surface area contributed by atoms with E-state index in [2.05, 4.69) is 5.32 Å². The van der Waals surface area contributed by atoms with E-state index in [1.54, 1.807) is 48.5 Å². The lowest BCUT2D eigenvalue weighted by atomic mass is 9.95. The van der Waals surface area contributed by atoms with Crippen molar-refractivity contribution in [2.24, 2.45) is 0 Å². The fourth-order valence-corrected chi connectivity index (χ4v) is 6.96. The smallest absolute Gasteiger partial charge is 0.264 e. The molecule has 3 aromatic carbocycles. The first-order valence-corrected chi connectivity index (χ1v) is 16.6. The van der Waals surface area contributed by atoms with E-state index in [0.717, 1.165) is 47.5 Å². The van der Waals surface area contributed by atoms with Gasteiger partial charge in [0.1, 0.15) is 18.3 Å². The molecule has 1 aliphatic carbocycles. The number of nitrogens with zero attached hydrogens (tertiary/aromatic N) is 2. The molecule has 43 heavy (non-hydrogen) atoms. The summed E-state index contributed by atoms with van der Waals surface area (Å²) in [5, 5.41) is 3.18. The first-order valence-electron chi connectivity index (χ1n) is 15.2. The molecule has 0 aromatic heterocycles. The highest BCUT2D eigenvalue weighted by Gasteiger charge is 2.35. The Hall–Kier alpha value is -3.85. The lowest BCUT2D eigenvalue weighted by molar-refractivity contribution is -0.140. The number of sulfonamides is 1. The molecule has 1 aliphatic rings. The van der Waals surface area contributed by atoms with Gasteiger partial charge in [-0.15, -0.1) is 0 Å². The second-order valence-electron chi connectivity index (χ2n) is 11.0. The number of amides is 2. The van der Waals surface area contributed by atoms with Gasteiger partial charge in [0.2, 0.25) is 11.8 Å². The molecule has 1 saturated carbocycles. The van der Waals surface area contributed by atoms with Crippen LogP contribution in [0.5, 0.6) is 5.75 Å². The second kappa shape index (κ2) is 15.0. The van der Waals surface area contributed by atoms with Crippen molar-refractivity contribution in [3.05, 3.63) is 90.0 Å². The SMILES string of the molecule is CCOc1ccccc1N(CC(=O)N(Cc1ccccc1)[C@H](CC)C(=O)NC1CCCCC1)S(=O)(=O)c1ccc(C)cc1. The number of rotatable bonds is 13. The lowest BCUT2D eigenvalue weighted by Gasteiger charge is -2.34. The zero-order valence-electron chi connectivity index (χ0n) is 25.4. The Morgan fingerprint density at radius 2 is 1.56 bits per heavy atom. The van der Waals surface area contributed by atoms with Crippen molar-refractivity contribution in [3.8, 4) is 5.75 Å². The minimum Gasteiger partial charge on any atom is -0.492 e. The molecule has 0 radical (unpaired) electrons. The second-order valence-corrected chi connectivity index (χ2v) is 12.9. The minimum atomic E-state index is -4.18. The van der Waals surface area contributed by atoms with E-state index in [1.807, 2.05) is 51.1 Å². The van der Waals surface area contributed by atoms with E-state index in [4.69, 9.17) is 4.74 Å². The van der Waals surface area contributed by atoms with Gasteiger partial charge in [-0.2, -0.15) is 0 Å². The van der Waals surface area contributed by atoms with Crippen LogP contribution in [0.25, 0.3) is 0 Å². The molecule has 0 saturated heterocycles. The fourth-order valence-electron chi connectivity index (χ4n) is 5.54. The summed E-state index contributed by atoms with van der Waals surface area (Å²) >= 11 is 0. The molecular formula is C34H43N3O5S. The Balaban J connectivity index is 1.73. The van der Waals surface area contributed by atoms with Gasteiger partial charge in [-0.05, 0) is 62.9 Å². The molecule has 8 nitrogen and oxygen atoms in total. The molecule has 1 N–H and O–H groups in total. The molecule has 1 fully saturated rings. The molecule has 0 bridgehead atoms. The van der Waals surface area contributed by atoms with E-state index in [1.165, 1.54) is 4.90 Å². The van der Waals surface area contributed by atoms with Gasteiger partial charge in [0.05, 0.1) is 17.2 Å². The van der Waals surface area contributed by atoms with Gasteiger partial charge in [0.25, 0.3) is 10.0 Å². The summed E-state index contributed by atoms with van der Waals surface area (Å²) < 4.78 is 35.3. The number of carbonyl (C=O) groups is 2. The minimum absolute atomic E-state index is 0.0638. The van der Waals surface area contributed by atoms with Crippen molar-refractivity contribution in [3.63, 3.8) is 0 Å². The topological polar surface area (TPSA) is 96.0 Å². The maximum atomic E-state index is 14.3. The van der Waals surface area contributed by atoms with Gasteiger partial charge >= 0.3 is 0 Å². The van der Waals surface area contributed by atoms with Crippen LogP contribution in [0.2, 0.25) is 0 Å². The molecule has 0 spiro atoms. The summed E-state index contributed by atoms with van der Waals surface area (Å²) in [4.78, 5) is 29.6. The third-order valence-electron chi connectivity index (χ3n) is 7.85. The van der Waals surface area contributed by atoms with Gasteiger partial charge in [0.15, 0.2) is 0 Å². The maximum absolute atomic E-state index is 14.3. The Labute approximate surface area is 256 Å². The number of ether oxygens (including phenoxy) is 1. The van der Waals surface area contributed by atoms with E-state index in [0.29, 0.717) is 18.8 Å². The van der Waals surface area contributed by atoms with Gasteiger partial charge in [-0.25, -0.2) is 8.42 Å². The van der Waals surface area contributed by atoms with Crippen molar-refractivity contribution < 1.29 is 22.7 Å². The Morgan fingerprint density at radius 1 is 0.907 bits per heavy atom. The molecule has 4 rings (SSSR count). The van der Waals surface area contributed by atoms with Gasteiger partial charge in [-0.3, -0.25) is 13.9 Å². The van der Waals surface area contributed by atoms with E-state index < -0.39 is 28.5 Å². The zero-order valence-corrected chi connectivity index (χ0v) is 26.2. The zero-order chi connectivity index (χ0) is 30.8. The van der Waals surface area contributed by atoms with Crippen LogP contribution in [-0.2, 0) is 26.2 Å². The molecule has 0 unspecified atom stereocenters. The average Bonchev–Trinajstić information content (AvgIpc) is 3.01. The highest BCUT2D eigenvalue weighted by atomic mass is 32.2. The van der Waals surface area contributed by atoms with Crippen LogP contribution in [0.1, 0.15) is 63.5 Å². The highest BCUT2D eigenvalue weighted by molar-refractivity contribution is 7.92. The predicted octanol–water partition coefficient (Wildman–Crippen LogP) is 5.85. The summed E-state index contributed by atoms with van der Waals surface area (Å²) in [6.45, 7) is 5.57. The number of para-hydroxylation sites is 2. The molecule has 3 aromatic rings. The van der Waals surface area contributed by atoms with Crippen molar-refractivity contribution in [1.29, 1.82) is 0 Å². The first kappa shape index (κ1) is 32.1. The lowest BCUT2D eigenvalue weighted by Crippen LogP contribution is -2.54. The van der Waals surface area contributed by atoms with Crippen LogP contribution in [0.15, 0.2) is 83.8 Å². The van der Waals surface area contributed by atoms with Crippen LogP contribution in [0.4, 0.5) is 5.69 Å². The molecule has 1 atom stereocenters. The average molecular weight is 606 g/mol. The van der Waals surface area contributed by atoms with Gasteiger partial charge in [-0.1, -0.05) is 86.3 Å². The molecule has 230 valence electrons. The summed E-state index contributed by atoms with van der Waals surface area (Å²) in [6.07, 6.45) is 5.53. The van der Waals surface area contributed by atoms with Gasteiger partial charge in [0, 0.05) is 12.6 Å². The summed E-state index contributed by atoms with van der Waals surface area (Å²) in [5.41, 5.74) is 2.03. The standard InChI is InChI=1S/C34H43N3O5S/c1-4-30(34(39)35-28-16-10-7-11-17-28)36(24-27-14-8-6-9-15-27)33(38)25-37(31-18-12-13-19-32(31)42-5-2)43(40,41)29-22-20-26(3)21-23-29/h6,8-9,12-15,18-23,28,30H,4-5,7,10-11,16-17,24-25H2,1-3H3,(H,35,39)/t30-/m1/s1. The Kier molecular flexibility index (Phi) is 11.2. The summed E-state index contributed by atoms with van der Waals surface area (Å²) in [5.74, 6) is -0.331. The van der Waals surface area contributed by atoms with E-state index >= 15 is 0 Å². The number of hydrogen-bond donors (Lipinski definition) is 1. The van der Waals surface area contributed by atoms with Crippen LogP contribution >= 0.6 is 0 Å². The Bertz CT molecular complexity index is 1450. The third-order valence-corrected chi connectivity index (χ3v) is 9.63. The van der Waals surface area contributed by atoms with E-state index in [-0.39, 0.29) is 29.1 Å². The monoisotopic (exact) mass is 605 g/mol. The predicted molar refractivity (Wildman–Crippen MR) is 169 cm³/mol. The normalized spacial score (nSPS) is 14.5. The molecule has 9 heteroatoms. The molecule has 2 amide bonds. The largest absolute Gasteiger partial charge is 0.492 e. The van der Waals surface area contributed by atoms with Crippen molar-refractivity contribution in [2.75, 3.05) is 17.5 Å². The number of benzene rings is 3. The molecule has 0 heterocycles.